The van der Waals surface area contributed by atoms with Gasteiger partial charge in [0, 0.05) is 0 Å². The van der Waals surface area contributed by atoms with E-state index in [4.69, 9.17) is 0 Å². The second kappa shape index (κ2) is 9.89. The van der Waals surface area contributed by atoms with Crippen molar-refractivity contribution in [3.05, 3.63) is 204 Å². The molecule has 0 aliphatic heterocycles. The van der Waals surface area contributed by atoms with Gasteiger partial charge < -0.3 is 0 Å². The van der Waals surface area contributed by atoms with E-state index >= 15 is 0 Å². The molecule has 2 aliphatic carbocycles. The van der Waals surface area contributed by atoms with Crippen LogP contribution in [0.15, 0.2) is 182 Å². The third-order valence-corrected chi connectivity index (χ3v) is 11.2. The minimum absolute atomic E-state index is 0.389. The van der Waals surface area contributed by atoms with Gasteiger partial charge in [-0.05, 0) is 123 Å². The fraction of sp³-hybridized carbons (Fsp3) is 0.0204. The highest BCUT2D eigenvalue weighted by molar-refractivity contribution is 6.04. The van der Waals surface area contributed by atoms with Crippen molar-refractivity contribution in [2.24, 2.45) is 0 Å². The van der Waals surface area contributed by atoms with Crippen LogP contribution in [0, 0.1) is 0 Å². The third-order valence-electron chi connectivity index (χ3n) is 11.2. The van der Waals surface area contributed by atoms with Crippen LogP contribution in [0.2, 0.25) is 0 Å². The first kappa shape index (κ1) is 26.8. The van der Waals surface area contributed by atoms with E-state index in [0.717, 1.165) is 0 Å². The summed E-state index contributed by atoms with van der Waals surface area (Å²) in [4.78, 5) is 0. The molecule has 0 heterocycles. The molecule has 0 radical (unpaired) electrons. The van der Waals surface area contributed by atoms with E-state index in [1.807, 2.05) is 0 Å². The lowest BCUT2D eigenvalue weighted by atomic mass is 9.69. The van der Waals surface area contributed by atoms with E-state index in [2.05, 4.69) is 182 Å². The first-order valence-electron chi connectivity index (χ1n) is 17.2. The molecule has 49 heavy (non-hydrogen) atoms. The fourth-order valence-corrected chi connectivity index (χ4v) is 9.07. The Morgan fingerprint density at radius 1 is 0.265 bits per heavy atom. The molecule has 0 aromatic heterocycles. The number of hydrogen-bond acceptors (Lipinski definition) is 0. The average molecular weight is 619 g/mol. The Morgan fingerprint density at radius 3 is 1.37 bits per heavy atom. The van der Waals surface area contributed by atoms with Crippen molar-refractivity contribution >= 4 is 32.3 Å². The van der Waals surface area contributed by atoms with Gasteiger partial charge in [0.25, 0.3) is 0 Å². The van der Waals surface area contributed by atoms with E-state index in [-0.39, 0.29) is 5.41 Å². The lowest BCUT2D eigenvalue weighted by Crippen LogP contribution is -2.26. The van der Waals surface area contributed by atoms with Crippen LogP contribution in [0.25, 0.3) is 76.8 Å². The minimum Gasteiger partial charge on any atom is -0.0619 e. The van der Waals surface area contributed by atoms with Gasteiger partial charge >= 0.3 is 0 Å². The van der Waals surface area contributed by atoms with Gasteiger partial charge in [0.2, 0.25) is 0 Å². The highest BCUT2D eigenvalue weighted by atomic mass is 14.5. The molecular formula is C49H30. The molecule has 2 aliphatic rings. The number of benzene rings is 9. The van der Waals surface area contributed by atoms with Crippen LogP contribution in [0.4, 0.5) is 0 Å². The zero-order valence-corrected chi connectivity index (χ0v) is 26.8. The monoisotopic (exact) mass is 618 g/mol. The van der Waals surface area contributed by atoms with E-state index in [1.165, 1.54) is 99.1 Å². The predicted molar refractivity (Wildman–Crippen MR) is 206 cm³/mol. The molecule has 0 amide bonds. The minimum atomic E-state index is -0.389. The van der Waals surface area contributed by atoms with E-state index < -0.39 is 0 Å². The maximum atomic E-state index is 2.49. The first-order valence-corrected chi connectivity index (χ1v) is 17.2. The van der Waals surface area contributed by atoms with Gasteiger partial charge in [-0.15, -0.1) is 0 Å². The van der Waals surface area contributed by atoms with Gasteiger partial charge in [0.05, 0.1) is 5.41 Å². The topological polar surface area (TPSA) is 0 Å². The molecule has 0 unspecified atom stereocenters. The zero-order valence-electron chi connectivity index (χ0n) is 26.8. The van der Waals surface area contributed by atoms with Crippen molar-refractivity contribution < 1.29 is 0 Å². The molecule has 0 N–H and O–H groups in total. The summed E-state index contributed by atoms with van der Waals surface area (Å²) in [6.07, 6.45) is 0. The largest absolute Gasteiger partial charge is 0.0731 e. The summed E-state index contributed by atoms with van der Waals surface area (Å²) in [5.41, 5.74) is 15.5. The molecule has 0 atom stereocenters. The SMILES string of the molecule is c1ccc2c(c1)-c1ccccc1C21c2cc(-c3ccc4cc(-c5ccc6ccccc6c5)ccc4c3)ccc2-c2ccc3ccccc3c21. The number of fused-ring (bicyclic) bond motifs is 14. The van der Waals surface area contributed by atoms with Crippen molar-refractivity contribution in [3.63, 3.8) is 0 Å². The molecule has 0 saturated heterocycles. The van der Waals surface area contributed by atoms with Crippen molar-refractivity contribution in [1.82, 2.24) is 0 Å². The molecule has 0 fully saturated rings. The lowest BCUT2D eigenvalue weighted by molar-refractivity contribution is 0.801. The van der Waals surface area contributed by atoms with Crippen LogP contribution >= 0.6 is 0 Å². The maximum absolute atomic E-state index is 2.49. The summed E-state index contributed by atoms with van der Waals surface area (Å²) in [7, 11) is 0. The van der Waals surface area contributed by atoms with Gasteiger partial charge in [-0.2, -0.15) is 0 Å². The molecule has 9 aromatic rings. The van der Waals surface area contributed by atoms with Crippen molar-refractivity contribution in [2.75, 3.05) is 0 Å². The number of hydrogen-bond donors (Lipinski definition) is 0. The Labute approximate surface area is 285 Å². The second-order valence-corrected chi connectivity index (χ2v) is 13.6. The molecule has 0 saturated carbocycles. The van der Waals surface area contributed by atoms with Gasteiger partial charge in [-0.1, -0.05) is 158 Å². The Morgan fingerprint density at radius 2 is 0.694 bits per heavy atom. The van der Waals surface area contributed by atoms with Crippen molar-refractivity contribution in [3.8, 4) is 44.5 Å². The van der Waals surface area contributed by atoms with Crippen LogP contribution in [0.3, 0.4) is 0 Å². The predicted octanol–water partition coefficient (Wildman–Crippen LogP) is 12.8. The summed E-state index contributed by atoms with van der Waals surface area (Å²) in [5.74, 6) is 0. The summed E-state index contributed by atoms with van der Waals surface area (Å²) in [5, 5.41) is 7.67. The zero-order chi connectivity index (χ0) is 32.1. The average Bonchev–Trinajstić information content (AvgIpc) is 3.64. The van der Waals surface area contributed by atoms with E-state index in [9.17, 15) is 0 Å². The van der Waals surface area contributed by atoms with Crippen LogP contribution in [-0.4, -0.2) is 0 Å². The van der Waals surface area contributed by atoms with Crippen LogP contribution < -0.4 is 0 Å². The van der Waals surface area contributed by atoms with E-state index in [1.54, 1.807) is 0 Å². The quantitative estimate of drug-likeness (QED) is 0.181. The normalized spacial score (nSPS) is 13.5. The maximum Gasteiger partial charge on any atom is 0.0731 e. The second-order valence-electron chi connectivity index (χ2n) is 13.6. The summed E-state index contributed by atoms with van der Waals surface area (Å²) in [6, 6.07) is 68.1. The molecule has 0 heteroatoms. The third kappa shape index (κ3) is 3.64. The smallest absolute Gasteiger partial charge is 0.0619 e. The molecule has 9 aromatic carbocycles. The van der Waals surface area contributed by atoms with Gasteiger partial charge in [0.1, 0.15) is 0 Å². The molecule has 226 valence electrons. The Kier molecular flexibility index (Phi) is 5.41. The van der Waals surface area contributed by atoms with Gasteiger partial charge in [-0.25, -0.2) is 0 Å². The van der Waals surface area contributed by atoms with Crippen LogP contribution in [0.1, 0.15) is 22.3 Å². The number of rotatable bonds is 2. The lowest BCUT2D eigenvalue weighted by Gasteiger charge is -2.31. The first-order chi connectivity index (χ1) is 24.3. The van der Waals surface area contributed by atoms with Crippen LogP contribution in [-0.2, 0) is 5.41 Å². The van der Waals surface area contributed by atoms with Crippen molar-refractivity contribution in [2.45, 2.75) is 5.41 Å². The van der Waals surface area contributed by atoms with Gasteiger partial charge in [0.15, 0.2) is 0 Å². The molecule has 11 rings (SSSR count). The molecular weight excluding hydrogens is 589 g/mol. The summed E-state index contributed by atoms with van der Waals surface area (Å²) in [6.45, 7) is 0. The summed E-state index contributed by atoms with van der Waals surface area (Å²) >= 11 is 0. The van der Waals surface area contributed by atoms with Gasteiger partial charge in [-0.3, -0.25) is 0 Å². The molecule has 0 bridgehead atoms. The highest BCUT2D eigenvalue weighted by Crippen LogP contribution is 2.64. The van der Waals surface area contributed by atoms with E-state index in [0.29, 0.717) is 0 Å². The fourth-order valence-electron chi connectivity index (χ4n) is 9.07. The molecule has 1 spiro atoms. The Hall–Kier alpha value is -6.24. The van der Waals surface area contributed by atoms with Crippen molar-refractivity contribution in [1.29, 1.82) is 0 Å². The standard InChI is InChI=1S/C49H30/c1-2-11-33-27-34(18-17-31(33)9-1)35-19-20-37-29-38(22-21-36(37)28-35)39-24-25-43-44-26-23-32-10-3-4-12-40(32)48(44)49(47(43)30-39)45-15-7-5-13-41(45)42-14-6-8-16-46(42)49/h1-30H. The Balaban J connectivity index is 1.11. The Bertz CT molecular complexity index is 2790. The summed E-state index contributed by atoms with van der Waals surface area (Å²) < 4.78 is 0. The highest BCUT2D eigenvalue weighted by Gasteiger charge is 2.52. The van der Waals surface area contributed by atoms with Crippen LogP contribution in [0.5, 0.6) is 0 Å². The molecule has 0 nitrogen and oxygen atoms in total.